The average molecular weight is 356 g/mol. The monoisotopic (exact) mass is 356 g/mol. The number of esters is 1. The highest BCUT2D eigenvalue weighted by Gasteiger charge is 2.25. The third-order valence-electron chi connectivity index (χ3n) is 3.54. The van der Waals surface area contributed by atoms with Crippen molar-refractivity contribution in [3.8, 4) is 0 Å². The van der Waals surface area contributed by atoms with E-state index in [1.807, 2.05) is 0 Å². The van der Waals surface area contributed by atoms with Gasteiger partial charge in [0.1, 0.15) is 5.56 Å². The molecule has 0 radical (unpaired) electrons. The topological polar surface area (TPSA) is 116 Å². The molecule has 0 aliphatic rings. The number of benzene rings is 2. The molecule has 0 spiro atoms. The van der Waals surface area contributed by atoms with Crippen molar-refractivity contribution >= 4 is 29.0 Å². The number of carbonyl (C=O) groups is 3. The number of para-hydroxylation sites is 2. The van der Waals surface area contributed by atoms with Crippen molar-refractivity contribution in [2.24, 2.45) is 0 Å². The first-order chi connectivity index (χ1) is 12.3. The van der Waals surface area contributed by atoms with Gasteiger partial charge in [-0.2, -0.15) is 0 Å². The van der Waals surface area contributed by atoms with Gasteiger partial charge in [-0.25, -0.2) is 4.79 Å². The van der Waals surface area contributed by atoms with Crippen molar-refractivity contribution in [2.45, 2.75) is 20.0 Å². The summed E-state index contributed by atoms with van der Waals surface area (Å²) in [5.41, 5.74) is -0.0509. The molecule has 2 aromatic carbocycles. The highest BCUT2D eigenvalue weighted by molar-refractivity contribution is 6.05. The zero-order valence-electron chi connectivity index (χ0n) is 14.1. The molecular weight excluding hydrogens is 340 g/mol. The summed E-state index contributed by atoms with van der Waals surface area (Å²) in [4.78, 5) is 46.2. The standard InChI is InChI=1S/C18H16N2O6/c1-11(21)13-7-3-5-9-15(13)19-17(22)12(2)26-18(23)14-8-4-6-10-16(14)20(24)25/h3-10,12H,1-2H3,(H,19,22)/t12-/m0/s1. The number of nitro benzene ring substituents is 1. The van der Waals surface area contributed by atoms with Crippen LogP contribution in [0.3, 0.4) is 0 Å². The van der Waals surface area contributed by atoms with Gasteiger partial charge in [0.2, 0.25) is 0 Å². The molecular formula is C18H16N2O6. The summed E-state index contributed by atoms with van der Waals surface area (Å²) in [6.07, 6.45) is -1.22. The first-order valence-electron chi connectivity index (χ1n) is 7.66. The first-order valence-corrected chi connectivity index (χ1v) is 7.66. The quantitative estimate of drug-likeness (QED) is 0.368. The molecule has 0 aliphatic heterocycles. The highest BCUT2D eigenvalue weighted by Crippen LogP contribution is 2.20. The molecule has 26 heavy (non-hydrogen) atoms. The predicted molar refractivity (Wildman–Crippen MR) is 93.1 cm³/mol. The Morgan fingerprint density at radius 3 is 2.23 bits per heavy atom. The lowest BCUT2D eigenvalue weighted by atomic mass is 10.1. The van der Waals surface area contributed by atoms with E-state index in [1.165, 1.54) is 38.1 Å². The molecule has 0 heterocycles. The Morgan fingerprint density at radius 1 is 1.04 bits per heavy atom. The third-order valence-corrected chi connectivity index (χ3v) is 3.54. The summed E-state index contributed by atoms with van der Waals surface area (Å²) in [7, 11) is 0. The summed E-state index contributed by atoms with van der Waals surface area (Å²) in [5, 5.41) is 13.5. The van der Waals surface area contributed by atoms with Crippen LogP contribution in [-0.2, 0) is 9.53 Å². The van der Waals surface area contributed by atoms with Crippen molar-refractivity contribution in [3.63, 3.8) is 0 Å². The average Bonchev–Trinajstić information content (AvgIpc) is 2.61. The maximum Gasteiger partial charge on any atom is 0.345 e. The molecule has 134 valence electrons. The predicted octanol–water partition coefficient (Wildman–Crippen LogP) is 2.98. The van der Waals surface area contributed by atoms with Crippen LogP contribution in [0.4, 0.5) is 11.4 Å². The highest BCUT2D eigenvalue weighted by atomic mass is 16.6. The van der Waals surface area contributed by atoms with E-state index in [0.29, 0.717) is 11.3 Å². The van der Waals surface area contributed by atoms with Gasteiger partial charge in [0, 0.05) is 11.6 Å². The minimum Gasteiger partial charge on any atom is -0.449 e. The van der Waals surface area contributed by atoms with E-state index in [4.69, 9.17) is 4.74 Å². The fourth-order valence-electron chi connectivity index (χ4n) is 2.22. The van der Waals surface area contributed by atoms with Crippen LogP contribution in [0.1, 0.15) is 34.6 Å². The van der Waals surface area contributed by atoms with Gasteiger partial charge >= 0.3 is 5.97 Å². The Balaban J connectivity index is 2.12. The Hall–Kier alpha value is -3.55. The van der Waals surface area contributed by atoms with E-state index in [2.05, 4.69) is 5.32 Å². The number of nitrogens with zero attached hydrogens (tertiary/aromatic N) is 1. The van der Waals surface area contributed by atoms with Crippen molar-refractivity contribution in [3.05, 3.63) is 69.8 Å². The Morgan fingerprint density at radius 2 is 1.62 bits per heavy atom. The summed E-state index contributed by atoms with van der Waals surface area (Å²) in [5.74, 6) is -1.88. The van der Waals surface area contributed by atoms with Crippen LogP contribution < -0.4 is 5.32 Å². The van der Waals surface area contributed by atoms with E-state index < -0.39 is 28.6 Å². The number of ketones is 1. The van der Waals surface area contributed by atoms with Gasteiger partial charge in [-0.3, -0.25) is 19.7 Å². The lowest BCUT2D eigenvalue weighted by molar-refractivity contribution is -0.385. The molecule has 2 aromatic rings. The summed E-state index contributed by atoms with van der Waals surface area (Å²) in [6.45, 7) is 2.70. The van der Waals surface area contributed by atoms with Crippen molar-refractivity contribution < 1.29 is 24.0 Å². The fraction of sp³-hybridized carbons (Fsp3) is 0.167. The molecule has 0 unspecified atom stereocenters. The lowest BCUT2D eigenvalue weighted by Crippen LogP contribution is -2.30. The van der Waals surface area contributed by atoms with Crippen molar-refractivity contribution in [1.29, 1.82) is 0 Å². The second-order valence-electron chi connectivity index (χ2n) is 5.41. The molecule has 1 atom stereocenters. The van der Waals surface area contributed by atoms with Crippen LogP contribution in [0.5, 0.6) is 0 Å². The van der Waals surface area contributed by atoms with Crippen molar-refractivity contribution in [2.75, 3.05) is 5.32 Å². The van der Waals surface area contributed by atoms with Crippen LogP contribution in [-0.4, -0.2) is 28.7 Å². The van der Waals surface area contributed by atoms with Gasteiger partial charge in [-0.05, 0) is 32.0 Å². The molecule has 0 fully saturated rings. The molecule has 0 saturated carbocycles. The third kappa shape index (κ3) is 4.29. The van der Waals surface area contributed by atoms with Gasteiger partial charge in [0.05, 0.1) is 10.6 Å². The maximum absolute atomic E-state index is 12.2. The maximum atomic E-state index is 12.2. The molecule has 1 N–H and O–H groups in total. The van der Waals surface area contributed by atoms with Gasteiger partial charge < -0.3 is 10.1 Å². The summed E-state index contributed by atoms with van der Waals surface area (Å²) >= 11 is 0. The Kier molecular flexibility index (Phi) is 5.79. The molecule has 0 bridgehead atoms. The van der Waals surface area contributed by atoms with Crippen LogP contribution in [0.25, 0.3) is 0 Å². The second-order valence-corrected chi connectivity index (χ2v) is 5.41. The normalized spacial score (nSPS) is 11.3. The largest absolute Gasteiger partial charge is 0.449 e. The number of nitrogens with one attached hydrogen (secondary N) is 1. The number of nitro groups is 1. The number of hydrogen-bond acceptors (Lipinski definition) is 6. The molecule has 0 aliphatic carbocycles. The summed E-state index contributed by atoms with van der Waals surface area (Å²) < 4.78 is 5.02. The number of rotatable bonds is 6. The van der Waals surface area contributed by atoms with Crippen LogP contribution in [0.15, 0.2) is 48.5 Å². The van der Waals surface area contributed by atoms with Crippen LogP contribution in [0, 0.1) is 10.1 Å². The molecule has 8 nitrogen and oxygen atoms in total. The van der Waals surface area contributed by atoms with Gasteiger partial charge in [-0.1, -0.05) is 24.3 Å². The van der Waals surface area contributed by atoms with E-state index >= 15 is 0 Å². The van der Waals surface area contributed by atoms with Crippen LogP contribution >= 0.6 is 0 Å². The first kappa shape index (κ1) is 18.8. The van der Waals surface area contributed by atoms with E-state index in [-0.39, 0.29) is 11.3 Å². The zero-order valence-corrected chi connectivity index (χ0v) is 14.1. The SMILES string of the molecule is CC(=O)c1ccccc1NC(=O)[C@H](C)OC(=O)c1ccccc1[N+](=O)[O-]. The van der Waals surface area contributed by atoms with Crippen LogP contribution in [0.2, 0.25) is 0 Å². The number of hydrogen-bond donors (Lipinski definition) is 1. The molecule has 1 amide bonds. The molecule has 0 aromatic heterocycles. The van der Waals surface area contributed by atoms with Gasteiger partial charge in [0.15, 0.2) is 11.9 Å². The van der Waals surface area contributed by atoms with Gasteiger partial charge in [0.25, 0.3) is 11.6 Å². The van der Waals surface area contributed by atoms with E-state index in [0.717, 1.165) is 0 Å². The summed E-state index contributed by atoms with van der Waals surface area (Å²) in [6, 6.07) is 11.7. The number of Topliss-reactive ketones (excluding diaryl/α,β-unsaturated/α-hetero) is 1. The number of carbonyl (C=O) groups excluding carboxylic acids is 3. The Bertz CT molecular complexity index is 877. The smallest absolute Gasteiger partial charge is 0.345 e. The number of anilines is 1. The molecule has 2 rings (SSSR count). The molecule has 0 saturated heterocycles. The van der Waals surface area contributed by atoms with Gasteiger partial charge in [-0.15, -0.1) is 0 Å². The minimum atomic E-state index is -1.22. The second kappa shape index (κ2) is 8.02. The Labute approximate surface area is 148 Å². The lowest BCUT2D eigenvalue weighted by Gasteiger charge is -2.15. The fourth-order valence-corrected chi connectivity index (χ4v) is 2.22. The number of ether oxygens (including phenoxy) is 1. The molecule has 8 heteroatoms. The minimum absolute atomic E-state index is 0.231. The zero-order chi connectivity index (χ0) is 19.3. The number of amides is 1. The van der Waals surface area contributed by atoms with Crippen molar-refractivity contribution in [1.82, 2.24) is 0 Å². The van der Waals surface area contributed by atoms with E-state index in [9.17, 15) is 24.5 Å². The van der Waals surface area contributed by atoms with E-state index in [1.54, 1.807) is 24.3 Å².